The van der Waals surface area contributed by atoms with Crippen LogP contribution in [-0.2, 0) is 41.6 Å². The molecule has 5 atom stereocenters. The molecular formula is C35H51N11O8S. The van der Waals surface area contributed by atoms with E-state index in [2.05, 4.69) is 49.5 Å². The minimum absolute atomic E-state index is 0.0174. The number of aliphatic carboxylic acids is 1. The van der Waals surface area contributed by atoms with Crippen LogP contribution in [0.2, 0.25) is 0 Å². The summed E-state index contributed by atoms with van der Waals surface area (Å²) in [6.45, 7) is -0.213. The number of guanidine groups is 1. The number of carbonyl (C=O) groups is 7. The Kier molecular flexibility index (Phi) is 20.1. The molecule has 0 unspecified atom stereocenters. The number of hydrogen-bond acceptors (Lipinski definition) is 10. The highest BCUT2D eigenvalue weighted by Gasteiger charge is 2.32. The molecule has 19 nitrogen and oxygen atoms in total. The summed E-state index contributed by atoms with van der Waals surface area (Å²) in [6.07, 6.45) is 0.419. The molecule has 15 N–H and O–H groups in total. The highest BCUT2D eigenvalue weighted by atomic mass is 32.1. The van der Waals surface area contributed by atoms with Crippen LogP contribution in [0.5, 0.6) is 0 Å². The van der Waals surface area contributed by atoms with Gasteiger partial charge in [0.25, 0.3) is 0 Å². The molecule has 0 radical (unpaired) electrons. The van der Waals surface area contributed by atoms with Gasteiger partial charge >= 0.3 is 12.0 Å². The molecule has 0 fully saturated rings. The fourth-order valence-electron chi connectivity index (χ4n) is 5.21. The molecule has 0 saturated carbocycles. The molecular weight excluding hydrogens is 735 g/mol. The standard InChI is InChI=1S/C35H51N11O8S/c36-19-28(47)42-23(13-8-16-41-35(39)54)29(48)44-25(17-21-9-3-1-4-10-21)31(50)43-24(14-7-15-40-34(37)38)30(49)45-26(18-22-11-5-2-6-12-22)32(51)46-27(20-55)33(52)53/h1-6,9-12,23-27,55H,7-8,13-20,36H2,(H,42,47)(H,43,50)(H,44,48)(H,45,49)(H,46,51)(H,52,53)(H4,37,38,40)(H3,39,41,54)/t23-,24-,25+,26-,27-/m0/s1. The summed E-state index contributed by atoms with van der Waals surface area (Å²) in [4.78, 5) is 93.9. The lowest BCUT2D eigenvalue weighted by atomic mass is 10.0. The van der Waals surface area contributed by atoms with Gasteiger partial charge in [0.15, 0.2) is 5.96 Å². The number of nitrogens with two attached hydrogens (primary N) is 4. The molecule has 2 aromatic carbocycles. The normalized spacial score (nSPS) is 13.3. The highest BCUT2D eigenvalue weighted by Crippen LogP contribution is 2.10. The smallest absolute Gasteiger partial charge is 0.327 e. The molecule has 0 aliphatic heterocycles. The van der Waals surface area contributed by atoms with Crippen molar-refractivity contribution in [3.05, 3.63) is 71.8 Å². The van der Waals surface area contributed by atoms with E-state index in [0.717, 1.165) is 0 Å². The molecule has 55 heavy (non-hydrogen) atoms. The molecule has 2 rings (SSSR count). The van der Waals surface area contributed by atoms with E-state index in [9.17, 15) is 38.7 Å². The molecule has 0 spiro atoms. The van der Waals surface area contributed by atoms with E-state index in [-0.39, 0.29) is 63.3 Å². The van der Waals surface area contributed by atoms with Crippen LogP contribution in [0.15, 0.2) is 65.7 Å². The Hall–Kier alpha value is -5.89. The molecule has 20 heteroatoms. The fourth-order valence-corrected chi connectivity index (χ4v) is 5.45. The summed E-state index contributed by atoms with van der Waals surface area (Å²) in [7, 11) is 0. The van der Waals surface area contributed by atoms with Crippen LogP contribution in [0.3, 0.4) is 0 Å². The van der Waals surface area contributed by atoms with Crippen molar-refractivity contribution in [3.8, 4) is 0 Å². The number of urea groups is 1. The van der Waals surface area contributed by atoms with E-state index in [0.29, 0.717) is 11.1 Å². The van der Waals surface area contributed by atoms with Gasteiger partial charge < -0.3 is 59.9 Å². The van der Waals surface area contributed by atoms with E-state index in [1.807, 2.05) is 0 Å². The van der Waals surface area contributed by atoms with Gasteiger partial charge in [0.05, 0.1) is 6.54 Å². The third-order valence-electron chi connectivity index (χ3n) is 8.01. The van der Waals surface area contributed by atoms with E-state index >= 15 is 0 Å². The molecule has 2 aromatic rings. The molecule has 0 aliphatic rings. The van der Waals surface area contributed by atoms with Crippen LogP contribution in [0.4, 0.5) is 4.79 Å². The number of hydrogen-bond donors (Lipinski definition) is 12. The summed E-state index contributed by atoms with van der Waals surface area (Å²) in [5, 5.41) is 24.8. The average molecular weight is 786 g/mol. The summed E-state index contributed by atoms with van der Waals surface area (Å²) in [6, 6.07) is 10.3. The van der Waals surface area contributed by atoms with Crippen LogP contribution in [0.1, 0.15) is 36.8 Å². The Morgan fingerprint density at radius 1 is 0.636 bits per heavy atom. The largest absolute Gasteiger partial charge is 0.480 e. The number of benzene rings is 2. The zero-order chi connectivity index (χ0) is 40.8. The van der Waals surface area contributed by atoms with Gasteiger partial charge in [-0.05, 0) is 36.8 Å². The summed E-state index contributed by atoms with van der Waals surface area (Å²) in [5.74, 6) is -5.45. The molecule has 0 aliphatic carbocycles. The summed E-state index contributed by atoms with van der Waals surface area (Å²) in [5.41, 5.74) is 22.8. The number of amides is 7. The van der Waals surface area contributed by atoms with E-state index < -0.39 is 78.3 Å². The molecule has 0 aromatic heterocycles. The number of aliphatic imine (C=N–C) groups is 1. The van der Waals surface area contributed by atoms with Gasteiger partial charge in [-0.15, -0.1) is 0 Å². The maximum Gasteiger partial charge on any atom is 0.327 e. The number of thiol groups is 1. The second kappa shape index (κ2) is 24.4. The molecule has 0 heterocycles. The van der Waals surface area contributed by atoms with E-state index in [1.165, 1.54) is 0 Å². The van der Waals surface area contributed by atoms with Crippen LogP contribution < -0.4 is 54.8 Å². The summed E-state index contributed by atoms with van der Waals surface area (Å²) >= 11 is 4.01. The Bertz CT molecular complexity index is 1610. The predicted molar refractivity (Wildman–Crippen MR) is 207 cm³/mol. The first-order valence-corrected chi connectivity index (χ1v) is 18.1. The highest BCUT2D eigenvalue weighted by molar-refractivity contribution is 7.80. The van der Waals surface area contributed by atoms with Crippen LogP contribution in [0, 0.1) is 0 Å². The van der Waals surface area contributed by atoms with Gasteiger partial charge in [0, 0.05) is 31.7 Å². The number of primary amides is 1. The van der Waals surface area contributed by atoms with Gasteiger partial charge in [-0.25, -0.2) is 9.59 Å². The number of nitrogens with one attached hydrogen (secondary N) is 6. The van der Waals surface area contributed by atoms with Crippen molar-refractivity contribution < 1.29 is 38.7 Å². The molecule has 300 valence electrons. The van der Waals surface area contributed by atoms with Crippen molar-refractivity contribution in [2.45, 2.75) is 68.7 Å². The maximum absolute atomic E-state index is 14.1. The quantitative estimate of drug-likeness (QED) is 0.0226. The number of rotatable bonds is 24. The lowest BCUT2D eigenvalue weighted by Crippen LogP contribution is -2.59. The lowest BCUT2D eigenvalue weighted by Gasteiger charge is -2.27. The van der Waals surface area contributed by atoms with Crippen LogP contribution >= 0.6 is 12.6 Å². The first kappa shape index (κ1) is 45.3. The van der Waals surface area contributed by atoms with Gasteiger partial charge in [-0.1, -0.05) is 60.7 Å². The molecule has 0 bridgehead atoms. The second-order valence-electron chi connectivity index (χ2n) is 12.4. The number of carboxylic acids is 1. The van der Waals surface area contributed by atoms with Gasteiger partial charge in [0.2, 0.25) is 29.5 Å². The minimum Gasteiger partial charge on any atom is -0.480 e. The van der Waals surface area contributed by atoms with E-state index in [4.69, 9.17) is 22.9 Å². The van der Waals surface area contributed by atoms with Crippen molar-refractivity contribution in [1.29, 1.82) is 0 Å². The van der Waals surface area contributed by atoms with Crippen molar-refractivity contribution in [3.63, 3.8) is 0 Å². The maximum atomic E-state index is 14.1. The fraction of sp³-hybridized carbons (Fsp3) is 0.429. The summed E-state index contributed by atoms with van der Waals surface area (Å²) < 4.78 is 0. The van der Waals surface area contributed by atoms with Crippen LogP contribution in [0.25, 0.3) is 0 Å². The number of nitrogens with zero attached hydrogens (tertiary/aromatic N) is 1. The van der Waals surface area contributed by atoms with Crippen molar-refractivity contribution in [2.24, 2.45) is 27.9 Å². The molecule has 0 saturated heterocycles. The van der Waals surface area contributed by atoms with E-state index in [1.54, 1.807) is 60.7 Å². The predicted octanol–water partition coefficient (Wildman–Crippen LogP) is -2.63. The zero-order valence-electron chi connectivity index (χ0n) is 30.2. The zero-order valence-corrected chi connectivity index (χ0v) is 31.1. The molecule has 7 amide bonds. The van der Waals surface area contributed by atoms with Crippen molar-refractivity contribution in [1.82, 2.24) is 31.9 Å². The third-order valence-corrected chi connectivity index (χ3v) is 8.38. The minimum atomic E-state index is -1.35. The Morgan fingerprint density at radius 3 is 1.51 bits per heavy atom. The number of carboxylic acid groups (broad SMARTS) is 1. The van der Waals surface area contributed by atoms with Gasteiger partial charge in [-0.2, -0.15) is 12.6 Å². The Morgan fingerprint density at radius 2 is 1.07 bits per heavy atom. The van der Waals surface area contributed by atoms with Crippen molar-refractivity contribution >= 4 is 60.1 Å². The van der Waals surface area contributed by atoms with Gasteiger partial charge in [0.1, 0.15) is 30.2 Å². The topological polar surface area (TPSA) is 328 Å². The lowest BCUT2D eigenvalue weighted by molar-refractivity contribution is -0.141. The first-order chi connectivity index (χ1) is 26.2. The second-order valence-corrected chi connectivity index (χ2v) is 12.7. The first-order valence-electron chi connectivity index (χ1n) is 17.4. The average Bonchev–Trinajstić information content (AvgIpc) is 3.15. The SMILES string of the molecule is NCC(=O)N[C@@H](CCCNC(N)=O)C(=O)N[C@H](Cc1ccccc1)C(=O)N[C@@H](CCCN=C(N)N)C(=O)N[C@@H](Cc1ccccc1)C(=O)N[C@@H](CS)C(=O)O. The van der Waals surface area contributed by atoms with Gasteiger partial charge in [-0.3, -0.25) is 29.0 Å². The Labute approximate surface area is 324 Å². The van der Waals surface area contributed by atoms with Crippen LogP contribution in [-0.4, -0.2) is 108 Å². The monoisotopic (exact) mass is 785 g/mol. The third kappa shape index (κ3) is 17.7. The van der Waals surface area contributed by atoms with Crippen molar-refractivity contribution in [2.75, 3.05) is 25.4 Å². The number of carbonyl (C=O) groups excluding carboxylic acids is 6. The Balaban J connectivity index is 2.42.